The molecule has 22 heavy (non-hydrogen) atoms. The molecule has 9 heteroatoms. The molecular weight excluding hydrogens is 318 g/mol. The third-order valence-electron chi connectivity index (χ3n) is 2.69. The van der Waals surface area contributed by atoms with Crippen molar-refractivity contribution in [1.82, 2.24) is 10.0 Å². The van der Waals surface area contributed by atoms with E-state index in [2.05, 4.69) is 10.0 Å². The Labute approximate surface area is 127 Å². The van der Waals surface area contributed by atoms with Gasteiger partial charge in [0.25, 0.3) is 0 Å². The number of carbonyl (C=O) groups excluding carboxylic acids is 1. The van der Waals surface area contributed by atoms with Gasteiger partial charge in [0, 0.05) is 33.2 Å². The van der Waals surface area contributed by atoms with E-state index in [1.807, 2.05) is 0 Å². The molecule has 1 rings (SSSR count). The quantitative estimate of drug-likeness (QED) is 0.653. The van der Waals surface area contributed by atoms with Gasteiger partial charge >= 0.3 is 0 Å². The van der Waals surface area contributed by atoms with Crippen LogP contribution in [-0.4, -0.2) is 41.1 Å². The predicted molar refractivity (Wildman–Crippen MR) is 75.7 cm³/mol. The van der Waals surface area contributed by atoms with E-state index < -0.39 is 26.6 Å². The van der Waals surface area contributed by atoms with Gasteiger partial charge in [0.15, 0.2) is 11.6 Å². The third-order valence-corrected chi connectivity index (χ3v) is 4.15. The van der Waals surface area contributed by atoms with Crippen LogP contribution in [0.15, 0.2) is 23.1 Å². The Balaban J connectivity index is 2.42. The van der Waals surface area contributed by atoms with Gasteiger partial charge < -0.3 is 10.1 Å². The molecule has 2 N–H and O–H groups in total. The molecule has 0 aromatic heterocycles. The van der Waals surface area contributed by atoms with Crippen LogP contribution in [-0.2, 0) is 19.6 Å². The number of hydrogen-bond acceptors (Lipinski definition) is 4. The molecule has 0 heterocycles. The summed E-state index contributed by atoms with van der Waals surface area (Å²) in [5, 5.41) is 2.60. The van der Waals surface area contributed by atoms with Crippen molar-refractivity contribution >= 4 is 15.9 Å². The molecule has 0 radical (unpaired) electrons. The molecule has 1 amide bonds. The van der Waals surface area contributed by atoms with Crippen LogP contribution in [0.5, 0.6) is 0 Å². The highest BCUT2D eigenvalue weighted by Gasteiger charge is 2.16. The first-order chi connectivity index (χ1) is 10.4. The normalized spacial score (nSPS) is 11.4. The van der Waals surface area contributed by atoms with Gasteiger partial charge in [-0.05, 0) is 24.6 Å². The summed E-state index contributed by atoms with van der Waals surface area (Å²) in [7, 11) is -2.43. The average molecular weight is 336 g/mol. The van der Waals surface area contributed by atoms with Crippen LogP contribution in [0.4, 0.5) is 8.78 Å². The van der Waals surface area contributed by atoms with Crippen molar-refractivity contribution in [3.05, 3.63) is 29.8 Å². The average Bonchev–Trinajstić information content (AvgIpc) is 2.46. The number of sulfonamides is 1. The highest BCUT2D eigenvalue weighted by molar-refractivity contribution is 7.89. The number of ether oxygens (including phenoxy) is 1. The van der Waals surface area contributed by atoms with E-state index in [1.54, 1.807) is 7.11 Å². The van der Waals surface area contributed by atoms with E-state index in [0.717, 1.165) is 12.1 Å². The summed E-state index contributed by atoms with van der Waals surface area (Å²) >= 11 is 0. The molecule has 0 aliphatic carbocycles. The fraction of sp³-hybridized carbons (Fsp3) is 0.462. The van der Waals surface area contributed by atoms with Crippen LogP contribution in [0.1, 0.15) is 12.8 Å². The highest BCUT2D eigenvalue weighted by Crippen LogP contribution is 2.13. The maximum Gasteiger partial charge on any atom is 0.240 e. The maximum absolute atomic E-state index is 13.0. The van der Waals surface area contributed by atoms with E-state index >= 15 is 0 Å². The lowest BCUT2D eigenvalue weighted by Crippen LogP contribution is -2.31. The Morgan fingerprint density at radius 3 is 2.59 bits per heavy atom. The lowest BCUT2D eigenvalue weighted by Gasteiger charge is -2.08. The Morgan fingerprint density at radius 1 is 1.23 bits per heavy atom. The van der Waals surface area contributed by atoms with Gasteiger partial charge in [0.1, 0.15) is 0 Å². The number of nitrogens with one attached hydrogen (secondary N) is 2. The first-order valence-electron chi connectivity index (χ1n) is 6.57. The molecule has 0 fully saturated rings. The summed E-state index contributed by atoms with van der Waals surface area (Å²) in [5.74, 6) is -2.70. The van der Waals surface area contributed by atoms with Gasteiger partial charge in [0.05, 0.1) is 4.90 Å². The first kappa shape index (κ1) is 18.5. The lowest BCUT2D eigenvalue weighted by atomic mass is 10.3. The van der Waals surface area contributed by atoms with Crippen LogP contribution in [0, 0.1) is 11.6 Å². The standard InChI is InChI=1S/C13H18F2N2O4S/c1-21-8-2-6-16-13(18)5-7-17-22(19,20)10-3-4-11(14)12(15)9-10/h3-4,9,17H,2,5-8H2,1H3,(H,16,18). The fourth-order valence-electron chi connectivity index (χ4n) is 1.56. The van der Waals surface area contributed by atoms with Crippen LogP contribution in [0.2, 0.25) is 0 Å². The molecular formula is C13H18F2N2O4S. The SMILES string of the molecule is COCCCNC(=O)CCNS(=O)(=O)c1ccc(F)c(F)c1. The minimum absolute atomic E-state index is 0.0596. The van der Waals surface area contributed by atoms with Crippen molar-refractivity contribution in [1.29, 1.82) is 0 Å². The van der Waals surface area contributed by atoms with Crippen LogP contribution >= 0.6 is 0 Å². The summed E-state index contributed by atoms with van der Waals surface area (Å²) in [6.45, 7) is 0.809. The molecule has 0 aliphatic rings. The van der Waals surface area contributed by atoms with Crippen molar-refractivity contribution in [2.75, 3.05) is 26.8 Å². The number of halogens is 2. The van der Waals surface area contributed by atoms with Crippen molar-refractivity contribution in [3.8, 4) is 0 Å². The molecule has 0 spiro atoms. The lowest BCUT2D eigenvalue weighted by molar-refractivity contribution is -0.120. The van der Waals surface area contributed by atoms with Crippen molar-refractivity contribution in [2.45, 2.75) is 17.7 Å². The zero-order chi connectivity index (χ0) is 16.6. The molecule has 0 saturated heterocycles. The zero-order valence-electron chi connectivity index (χ0n) is 12.1. The van der Waals surface area contributed by atoms with Crippen molar-refractivity contribution < 1.29 is 26.7 Å². The van der Waals surface area contributed by atoms with Crippen LogP contribution < -0.4 is 10.0 Å². The Morgan fingerprint density at radius 2 is 1.95 bits per heavy atom. The van der Waals surface area contributed by atoms with Gasteiger partial charge in [-0.1, -0.05) is 0 Å². The summed E-state index contributed by atoms with van der Waals surface area (Å²) in [4.78, 5) is 11.0. The van der Waals surface area contributed by atoms with Gasteiger partial charge in [-0.3, -0.25) is 4.79 Å². The molecule has 1 aromatic rings. The van der Waals surface area contributed by atoms with E-state index in [-0.39, 0.29) is 18.9 Å². The number of methoxy groups -OCH3 is 1. The zero-order valence-corrected chi connectivity index (χ0v) is 12.9. The fourth-order valence-corrected chi connectivity index (χ4v) is 2.60. The van der Waals surface area contributed by atoms with Gasteiger partial charge in [-0.15, -0.1) is 0 Å². The number of amides is 1. The summed E-state index contributed by atoms with van der Waals surface area (Å²) in [6, 6.07) is 2.26. The van der Waals surface area contributed by atoms with Gasteiger partial charge in [-0.2, -0.15) is 0 Å². The third kappa shape index (κ3) is 6.04. The second-order valence-corrected chi connectivity index (χ2v) is 6.19. The number of benzene rings is 1. The molecule has 1 aromatic carbocycles. The molecule has 124 valence electrons. The van der Waals surface area contributed by atoms with Crippen molar-refractivity contribution in [3.63, 3.8) is 0 Å². The highest BCUT2D eigenvalue weighted by atomic mass is 32.2. The van der Waals surface area contributed by atoms with E-state index in [1.165, 1.54) is 0 Å². The number of rotatable bonds is 9. The summed E-state index contributed by atoms with van der Waals surface area (Å²) in [5.41, 5.74) is 0. The molecule has 0 unspecified atom stereocenters. The molecule has 0 bridgehead atoms. The minimum atomic E-state index is -3.98. The topological polar surface area (TPSA) is 84.5 Å². The maximum atomic E-state index is 13.0. The van der Waals surface area contributed by atoms with Crippen LogP contribution in [0.3, 0.4) is 0 Å². The van der Waals surface area contributed by atoms with Crippen LogP contribution in [0.25, 0.3) is 0 Å². The predicted octanol–water partition coefficient (Wildman–Crippen LogP) is 0.786. The molecule has 0 atom stereocenters. The largest absolute Gasteiger partial charge is 0.385 e. The minimum Gasteiger partial charge on any atom is -0.385 e. The van der Waals surface area contributed by atoms with Gasteiger partial charge in [0.2, 0.25) is 15.9 Å². The molecule has 6 nitrogen and oxygen atoms in total. The van der Waals surface area contributed by atoms with E-state index in [9.17, 15) is 22.0 Å². The van der Waals surface area contributed by atoms with E-state index in [0.29, 0.717) is 25.6 Å². The second-order valence-electron chi connectivity index (χ2n) is 4.42. The smallest absolute Gasteiger partial charge is 0.240 e. The molecule has 0 saturated carbocycles. The van der Waals surface area contributed by atoms with Crippen molar-refractivity contribution in [2.24, 2.45) is 0 Å². The Kier molecular flexibility index (Phi) is 7.36. The summed E-state index contributed by atoms with van der Waals surface area (Å²) < 4.78 is 56.4. The Hall–Kier alpha value is -1.58. The molecule has 0 aliphatic heterocycles. The Bertz CT molecular complexity index is 608. The summed E-state index contributed by atoms with van der Waals surface area (Å²) in [6.07, 6.45) is 0.596. The first-order valence-corrected chi connectivity index (χ1v) is 8.05. The monoisotopic (exact) mass is 336 g/mol. The number of hydrogen-bond donors (Lipinski definition) is 2. The number of carbonyl (C=O) groups is 1. The second kappa shape index (κ2) is 8.76. The van der Waals surface area contributed by atoms with Gasteiger partial charge in [-0.25, -0.2) is 21.9 Å². The van der Waals surface area contributed by atoms with E-state index in [4.69, 9.17) is 4.74 Å².